The zero-order chi connectivity index (χ0) is 33.0. The van der Waals surface area contributed by atoms with Crippen molar-refractivity contribution in [2.75, 3.05) is 0 Å². The normalized spacial score (nSPS) is 11.6. The van der Waals surface area contributed by atoms with Crippen LogP contribution in [0.25, 0.3) is 89.2 Å². The first-order valence-electron chi connectivity index (χ1n) is 16.8. The summed E-state index contributed by atoms with van der Waals surface area (Å²) in [6, 6.07) is 61.4. The Hall–Kier alpha value is -6.85. The molecule has 0 aliphatic rings. The van der Waals surface area contributed by atoms with E-state index in [0.717, 1.165) is 55.2 Å². The minimum Gasteiger partial charge on any atom is -0.309 e. The van der Waals surface area contributed by atoms with Crippen LogP contribution in [0.4, 0.5) is 0 Å². The van der Waals surface area contributed by atoms with Crippen LogP contribution in [0.3, 0.4) is 0 Å². The average molecular weight is 640 g/mol. The standard InChI is InChI=1S/C45H29N5/c1-2-13-30(14-3-1)31-25-27-32(28-26-31)43-46-44(48-45(47-43)50-41-23-10-6-19-37(41)38-20-7-11-24-42(38)50)33-15-12-16-34(29-33)49-39-21-8-4-17-35(39)36-18-5-9-22-40(36)49/h1-29H. The number of rotatable bonds is 5. The molecule has 3 aromatic heterocycles. The number of nitrogens with zero attached hydrogens (tertiary/aromatic N) is 5. The molecule has 5 nitrogen and oxygen atoms in total. The van der Waals surface area contributed by atoms with Crippen LogP contribution >= 0.6 is 0 Å². The highest BCUT2D eigenvalue weighted by Crippen LogP contribution is 2.35. The molecule has 0 radical (unpaired) electrons. The predicted molar refractivity (Wildman–Crippen MR) is 205 cm³/mol. The molecule has 10 rings (SSSR count). The van der Waals surface area contributed by atoms with Gasteiger partial charge in [0.05, 0.1) is 22.1 Å². The molecule has 5 heteroatoms. The number of fused-ring (bicyclic) bond motifs is 6. The zero-order valence-corrected chi connectivity index (χ0v) is 27.0. The summed E-state index contributed by atoms with van der Waals surface area (Å²) in [5.74, 6) is 1.81. The maximum Gasteiger partial charge on any atom is 0.238 e. The summed E-state index contributed by atoms with van der Waals surface area (Å²) in [7, 11) is 0. The summed E-state index contributed by atoms with van der Waals surface area (Å²) in [4.78, 5) is 15.5. The van der Waals surface area contributed by atoms with E-state index in [0.29, 0.717) is 17.6 Å². The molecule has 7 aromatic carbocycles. The van der Waals surface area contributed by atoms with E-state index in [1.807, 2.05) is 6.07 Å². The van der Waals surface area contributed by atoms with Gasteiger partial charge in [-0.25, -0.2) is 4.98 Å². The molecule has 0 spiro atoms. The fraction of sp³-hybridized carbons (Fsp3) is 0. The van der Waals surface area contributed by atoms with Gasteiger partial charge in [-0.1, -0.05) is 140 Å². The molecule has 0 bridgehead atoms. The largest absolute Gasteiger partial charge is 0.309 e. The van der Waals surface area contributed by atoms with E-state index in [1.54, 1.807) is 0 Å². The first-order chi connectivity index (χ1) is 24.8. The van der Waals surface area contributed by atoms with E-state index >= 15 is 0 Å². The van der Waals surface area contributed by atoms with Crippen molar-refractivity contribution in [3.05, 3.63) is 176 Å². The molecule has 0 fully saturated rings. The lowest BCUT2D eigenvalue weighted by atomic mass is 10.0. The van der Waals surface area contributed by atoms with Crippen LogP contribution in [-0.4, -0.2) is 24.1 Å². The molecule has 0 N–H and O–H groups in total. The van der Waals surface area contributed by atoms with Crippen LogP contribution in [0.1, 0.15) is 0 Å². The summed E-state index contributed by atoms with van der Waals surface area (Å²) in [6.07, 6.45) is 0. The SMILES string of the molecule is c1ccc(-c2ccc(-c3nc(-c4cccc(-n5c6ccccc6c6ccccc65)c4)nc(-n4c5ccccc5c5ccccc54)n3)cc2)cc1. The van der Waals surface area contributed by atoms with Gasteiger partial charge in [0.1, 0.15) is 0 Å². The van der Waals surface area contributed by atoms with Crippen molar-refractivity contribution < 1.29 is 0 Å². The van der Waals surface area contributed by atoms with E-state index in [2.05, 4.69) is 179 Å². The summed E-state index contributed by atoms with van der Waals surface area (Å²) < 4.78 is 4.49. The fourth-order valence-corrected chi connectivity index (χ4v) is 7.29. The van der Waals surface area contributed by atoms with Crippen LogP contribution in [-0.2, 0) is 0 Å². The quantitative estimate of drug-likeness (QED) is 0.188. The van der Waals surface area contributed by atoms with Gasteiger partial charge in [0.25, 0.3) is 0 Å². The van der Waals surface area contributed by atoms with Crippen molar-refractivity contribution >= 4 is 43.6 Å². The molecule has 234 valence electrons. The zero-order valence-electron chi connectivity index (χ0n) is 27.0. The van der Waals surface area contributed by atoms with Crippen molar-refractivity contribution in [3.8, 4) is 45.5 Å². The molecule has 0 atom stereocenters. The maximum atomic E-state index is 5.22. The molecule has 10 aromatic rings. The molecule has 3 heterocycles. The molecule has 0 saturated heterocycles. The lowest BCUT2D eigenvalue weighted by Crippen LogP contribution is -2.06. The molecule has 0 aliphatic carbocycles. The topological polar surface area (TPSA) is 48.5 Å². The Morgan fingerprint density at radius 2 is 0.720 bits per heavy atom. The van der Waals surface area contributed by atoms with Crippen molar-refractivity contribution in [2.45, 2.75) is 0 Å². The smallest absolute Gasteiger partial charge is 0.238 e. The summed E-state index contributed by atoms with van der Waals surface area (Å²) in [5, 5.41) is 4.77. The lowest BCUT2D eigenvalue weighted by molar-refractivity contribution is 0.953. The first-order valence-corrected chi connectivity index (χ1v) is 16.8. The monoisotopic (exact) mass is 639 g/mol. The van der Waals surface area contributed by atoms with Gasteiger partial charge >= 0.3 is 0 Å². The number of hydrogen-bond donors (Lipinski definition) is 0. The van der Waals surface area contributed by atoms with Crippen molar-refractivity contribution in [2.24, 2.45) is 0 Å². The van der Waals surface area contributed by atoms with E-state index < -0.39 is 0 Å². The van der Waals surface area contributed by atoms with E-state index in [9.17, 15) is 0 Å². The van der Waals surface area contributed by atoms with Gasteiger partial charge in [0, 0.05) is 38.4 Å². The highest BCUT2D eigenvalue weighted by atomic mass is 15.2. The summed E-state index contributed by atoms with van der Waals surface area (Å²) in [6.45, 7) is 0. The number of aromatic nitrogens is 5. The molecular weight excluding hydrogens is 611 g/mol. The Kier molecular flexibility index (Phi) is 6.42. The predicted octanol–water partition coefficient (Wildman–Crippen LogP) is 11.1. The molecule has 0 amide bonds. The molecule has 50 heavy (non-hydrogen) atoms. The van der Waals surface area contributed by atoms with Gasteiger partial charge in [-0.05, 0) is 47.5 Å². The molecule has 0 aliphatic heterocycles. The van der Waals surface area contributed by atoms with Gasteiger partial charge in [0.15, 0.2) is 11.6 Å². The number of para-hydroxylation sites is 4. The second-order valence-corrected chi connectivity index (χ2v) is 12.5. The number of hydrogen-bond acceptors (Lipinski definition) is 3. The van der Waals surface area contributed by atoms with Crippen LogP contribution in [0, 0.1) is 0 Å². The van der Waals surface area contributed by atoms with E-state index in [-0.39, 0.29) is 0 Å². The van der Waals surface area contributed by atoms with E-state index in [1.165, 1.54) is 16.3 Å². The minimum absolute atomic E-state index is 0.580. The van der Waals surface area contributed by atoms with Crippen molar-refractivity contribution in [3.63, 3.8) is 0 Å². The Labute approximate surface area is 288 Å². The molecular formula is C45H29N5. The van der Waals surface area contributed by atoms with Gasteiger partial charge in [0.2, 0.25) is 5.95 Å². The van der Waals surface area contributed by atoms with Crippen LogP contribution in [0.2, 0.25) is 0 Å². The second kappa shape index (κ2) is 11.4. The van der Waals surface area contributed by atoms with Gasteiger partial charge in [-0.15, -0.1) is 0 Å². The minimum atomic E-state index is 0.580. The third kappa shape index (κ3) is 4.52. The van der Waals surface area contributed by atoms with Crippen molar-refractivity contribution in [1.29, 1.82) is 0 Å². The third-order valence-electron chi connectivity index (χ3n) is 9.60. The van der Waals surface area contributed by atoms with Gasteiger partial charge in [-0.2, -0.15) is 9.97 Å². The average Bonchev–Trinajstić information content (AvgIpc) is 3.71. The Morgan fingerprint density at radius 1 is 0.300 bits per heavy atom. The lowest BCUT2D eigenvalue weighted by Gasteiger charge is -2.13. The van der Waals surface area contributed by atoms with Crippen LogP contribution < -0.4 is 0 Å². The van der Waals surface area contributed by atoms with Crippen LogP contribution in [0.5, 0.6) is 0 Å². The first kappa shape index (κ1) is 28.2. The van der Waals surface area contributed by atoms with Gasteiger partial charge in [-0.3, -0.25) is 4.57 Å². The highest BCUT2D eigenvalue weighted by molar-refractivity contribution is 6.10. The fourth-order valence-electron chi connectivity index (χ4n) is 7.29. The third-order valence-corrected chi connectivity index (χ3v) is 9.60. The number of benzene rings is 7. The Bertz CT molecular complexity index is 2760. The summed E-state index contributed by atoms with van der Waals surface area (Å²) >= 11 is 0. The molecule has 0 saturated carbocycles. The van der Waals surface area contributed by atoms with E-state index in [4.69, 9.17) is 15.0 Å². The van der Waals surface area contributed by atoms with Crippen LogP contribution in [0.15, 0.2) is 176 Å². The highest BCUT2D eigenvalue weighted by Gasteiger charge is 2.19. The second-order valence-electron chi connectivity index (χ2n) is 12.5. The maximum absolute atomic E-state index is 5.22. The Balaban J connectivity index is 1.19. The Morgan fingerprint density at radius 3 is 1.28 bits per heavy atom. The van der Waals surface area contributed by atoms with Crippen molar-refractivity contribution in [1.82, 2.24) is 24.1 Å². The molecule has 0 unspecified atom stereocenters. The van der Waals surface area contributed by atoms with Gasteiger partial charge < -0.3 is 4.57 Å². The summed E-state index contributed by atoms with van der Waals surface area (Å²) in [5.41, 5.74) is 9.62.